The number of pyridine rings is 1. The summed E-state index contributed by atoms with van der Waals surface area (Å²) in [5.41, 5.74) is 6.32. The minimum absolute atomic E-state index is 0.332. The largest absolute Gasteiger partial charge is 0.388 e. The van der Waals surface area contributed by atoms with Crippen LogP contribution in [0.5, 0.6) is 0 Å². The normalized spacial score (nSPS) is 10.7. The zero-order valence-electron chi connectivity index (χ0n) is 11.9. The van der Waals surface area contributed by atoms with Crippen molar-refractivity contribution in [2.45, 2.75) is 32.7 Å². The topological polar surface area (TPSA) is 51.4 Å². The van der Waals surface area contributed by atoms with Gasteiger partial charge in [-0.2, -0.15) is 0 Å². The van der Waals surface area contributed by atoms with Gasteiger partial charge in [0.1, 0.15) is 10.8 Å². The highest BCUT2D eigenvalue weighted by atomic mass is 32.1. The molecule has 0 saturated heterocycles. The minimum Gasteiger partial charge on any atom is -0.388 e. The molecule has 4 nitrogen and oxygen atoms in total. The van der Waals surface area contributed by atoms with E-state index in [1.54, 1.807) is 7.11 Å². The van der Waals surface area contributed by atoms with Gasteiger partial charge in [-0.25, -0.2) is 4.98 Å². The van der Waals surface area contributed by atoms with Crippen LogP contribution in [0.1, 0.15) is 32.4 Å². The number of methoxy groups -OCH3 is 1. The van der Waals surface area contributed by atoms with Gasteiger partial charge in [-0.3, -0.25) is 0 Å². The first-order valence-corrected chi connectivity index (χ1v) is 7.07. The van der Waals surface area contributed by atoms with E-state index < -0.39 is 0 Å². The number of rotatable bonds is 8. The number of hydrogen-bond acceptors (Lipinski definition) is 4. The number of ether oxygens (including phenoxy) is 1. The van der Waals surface area contributed by atoms with E-state index in [-0.39, 0.29) is 0 Å². The van der Waals surface area contributed by atoms with Crippen LogP contribution in [0, 0.1) is 0 Å². The van der Waals surface area contributed by atoms with E-state index in [0.29, 0.717) is 23.3 Å². The molecular weight excluding hydrogens is 258 g/mol. The summed E-state index contributed by atoms with van der Waals surface area (Å²) >= 11 is 4.99. The van der Waals surface area contributed by atoms with Crippen molar-refractivity contribution >= 4 is 23.0 Å². The maximum absolute atomic E-state index is 5.65. The second-order valence-corrected chi connectivity index (χ2v) is 4.84. The van der Waals surface area contributed by atoms with E-state index in [1.165, 1.54) is 0 Å². The van der Waals surface area contributed by atoms with Crippen LogP contribution >= 0.6 is 12.2 Å². The van der Waals surface area contributed by atoms with Gasteiger partial charge in [0, 0.05) is 19.7 Å². The highest BCUT2D eigenvalue weighted by Gasteiger charge is 2.17. The SMILES string of the molecule is CCC(CC)N(CCOC)c1cccc(C(N)=S)n1. The third-order valence-electron chi connectivity index (χ3n) is 3.20. The van der Waals surface area contributed by atoms with Crippen LogP contribution in [-0.2, 0) is 4.74 Å². The van der Waals surface area contributed by atoms with Crippen molar-refractivity contribution in [2.24, 2.45) is 5.73 Å². The number of hydrogen-bond donors (Lipinski definition) is 1. The first kappa shape index (κ1) is 15.9. The maximum atomic E-state index is 5.65. The lowest BCUT2D eigenvalue weighted by Crippen LogP contribution is -2.38. The molecule has 2 N–H and O–H groups in total. The fourth-order valence-corrected chi connectivity index (χ4v) is 2.24. The third-order valence-corrected chi connectivity index (χ3v) is 3.41. The molecule has 0 aliphatic carbocycles. The summed E-state index contributed by atoms with van der Waals surface area (Å²) in [5, 5.41) is 0. The number of aromatic nitrogens is 1. The molecular formula is C14H23N3OS. The van der Waals surface area contributed by atoms with Gasteiger partial charge in [0.2, 0.25) is 0 Å². The van der Waals surface area contributed by atoms with Crippen molar-refractivity contribution in [3.8, 4) is 0 Å². The summed E-state index contributed by atoms with van der Waals surface area (Å²) in [4.78, 5) is 7.15. The molecule has 0 saturated carbocycles. The molecule has 0 amide bonds. The molecule has 0 spiro atoms. The lowest BCUT2D eigenvalue weighted by molar-refractivity contribution is 0.202. The summed E-state index contributed by atoms with van der Waals surface area (Å²) in [5.74, 6) is 0.913. The molecule has 5 heteroatoms. The average Bonchev–Trinajstić information content (AvgIpc) is 2.43. The van der Waals surface area contributed by atoms with E-state index >= 15 is 0 Å². The van der Waals surface area contributed by atoms with Crippen molar-refractivity contribution < 1.29 is 4.74 Å². The number of anilines is 1. The van der Waals surface area contributed by atoms with Gasteiger partial charge in [-0.05, 0) is 25.0 Å². The third kappa shape index (κ3) is 4.44. The Morgan fingerprint density at radius 2 is 2.11 bits per heavy atom. The Hall–Kier alpha value is -1.20. The molecule has 0 unspecified atom stereocenters. The Labute approximate surface area is 121 Å². The highest BCUT2D eigenvalue weighted by molar-refractivity contribution is 7.80. The molecule has 0 fully saturated rings. The van der Waals surface area contributed by atoms with E-state index in [1.807, 2.05) is 18.2 Å². The first-order valence-electron chi connectivity index (χ1n) is 6.66. The Morgan fingerprint density at radius 3 is 2.63 bits per heavy atom. The summed E-state index contributed by atoms with van der Waals surface area (Å²) < 4.78 is 5.19. The van der Waals surface area contributed by atoms with E-state index in [0.717, 1.165) is 25.2 Å². The molecule has 19 heavy (non-hydrogen) atoms. The number of thiocarbonyl (C=S) groups is 1. The molecule has 106 valence electrons. The summed E-state index contributed by atoms with van der Waals surface area (Å²) in [6.45, 7) is 5.86. The zero-order valence-corrected chi connectivity index (χ0v) is 12.7. The van der Waals surface area contributed by atoms with Gasteiger partial charge in [-0.15, -0.1) is 0 Å². The van der Waals surface area contributed by atoms with Crippen LogP contribution in [-0.4, -0.2) is 36.3 Å². The Kier molecular flexibility index (Phi) is 6.73. The minimum atomic E-state index is 0.332. The van der Waals surface area contributed by atoms with Crippen LogP contribution in [0.2, 0.25) is 0 Å². The van der Waals surface area contributed by atoms with Gasteiger partial charge >= 0.3 is 0 Å². The highest BCUT2D eigenvalue weighted by Crippen LogP contribution is 2.18. The fraction of sp³-hybridized carbons (Fsp3) is 0.571. The second kappa shape index (κ2) is 8.07. The summed E-state index contributed by atoms with van der Waals surface area (Å²) in [7, 11) is 1.71. The van der Waals surface area contributed by atoms with Crippen LogP contribution in [0.25, 0.3) is 0 Å². The number of nitrogens with two attached hydrogens (primary N) is 1. The van der Waals surface area contributed by atoms with Gasteiger partial charge in [0.15, 0.2) is 0 Å². The first-order chi connectivity index (χ1) is 9.13. The Balaban J connectivity index is 3.01. The van der Waals surface area contributed by atoms with Crippen molar-refractivity contribution in [2.75, 3.05) is 25.2 Å². The molecule has 0 aromatic carbocycles. The van der Waals surface area contributed by atoms with Crippen LogP contribution < -0.4 is 10.6 Å². The smallest absolute Gasteiger partial charge is 0.129 e. The van der Waals surface area contributed by atoms with Crippen LogP contribution in [0.4, 0.5) is 5.82 Å². The van der Waals surface area contributed by atoms with E-state index in [2.05, 4.69) is 23.7 Å². The molecule has 1 aromatic rings. The molecule has 0 aliphatic heterocycles. The lowest BCUT2D eigenvalue weighted by Gasteiger charge is -2.31. The Bertz CT molecular complexity index is 407. The molecule has 0 atom stereocenters. The van der Waals surface area contributed by atoms with Crippen molar-refractivity contribution in [1.82, 2.24) is 4.98 Å². The zero-order chi connectivity index (χ0) is 14.3. The van der Waals surface area contributed by atoms with Gasteiger partial charge in [-0.1, -0.05) is 32.1 Å². The van der Waals surface area contributed by atoms with E-state index in [4.69, 9.17) is 22.7 Å². The van der Waals surface area contributed by atoms with Crippen LogP contribution in [0.3, 0.4) is 0 Å². The van der Waals surface area contributed by atoms with Gasteiger partial charge < -0.3 is 15.4 Å². The average molecular weight is 281 g/mol. The summed E-state index contributed by atoms with van der Waals surface area (Å²) in [6.07, 6.45) is 2.14. The lowest BCUT2D eigenvalue weighted by atomic mass is 10.1. The maximum Gasteiger partial charge on any atom is 0.129 e. The molecule has 0 radical (unpaired) electrons. The van der Waals surface area contributed by atoms with Gasteiger partial charge in [0.05, 0.1) is 12.3 Å². The predicted octanol–water partition coefficient (Wildman–Crippen LogP) is 2.36. The predicted molar refractivity (Wildman–Crippen MR) is 83.7 cm³/mol. The molecule has 0 aliphatic rings. The number of nitrogens with zero attached hydrogens (tertiary/aromatic N) is 2. The standard InChI is InChI=1S/C14H23N3OS/c1-4-11(5-2)17(9-10-18-3)13-8-6-7-12(16-13)14(15)19/h6-8,11H,4-5,9-10H2,1-3H3,(H2,15,19). The summed E-state index contributed by atoms with van der Waals surface area (Å²) in [6, 6.07) is 6.23. The fourth-order valence-electron chi connectivity index (χ4n) is 2.12. The van der Waals surface area contributed by atoms with Crippen LogP contribution in [0.15, 0.2) is 18.2 Å². The molecule has 0 bridgehead atoms. The quantitative estimate of drug-likeness (QED) is 0.741. The molecule has 1 rings (SSSR count). The van der Waals surface area contributed by atoms with Gasteiger partial charge in [0.25, 0.3) is 0 Å². The van der Waals surface area contributed by atoms with E-state index in [9.17, 15) is 0 Å². The molecule has 1 aromatic heterocycles. The Morgan fingerprint density at radius 1 is 1.42 bits per heavy atom. The molecule has 1 heterocycles. The van der Waals surface area contributed by atoms with Crippen molar-refractivity contribution in [1.29, 1.82) is 0 Å². The monoisotopic (exact) mass is 281 g/mol. The second-order valence-electron chi connectivity index (χ2n) is 4.40. The van der Waals surface area contributed by atoms with Crippen molar-refractivity contribution in [3.63, 3.8) is 0 Å². The van der Waals surface area contributed by atoms with Crippen molar-refractivity contribution in [3.05, 3.63) is 23.9 Å².